The Morgan fingerprint density at radius 2 is 1.97 bits per heavy atom. The summed E-state index contributed by atoms with van der Waals surface area (Å²) in [6.45, 7) is 4.60. The van der Waals surface area contributed by atoms with Gasteiger partial charge < -0.3 is 14.5 Å². The van der Waals surface area contributed by atoms with Gasteiger partial charge in [0.25, 0.3) is 5.56 Å². The smallest absolute Gasteiger partial charge is 0.261 e. The maximum absolute atomic E-state index is 12.7. The fourth-order valence-corrected chi connectivity index (χ4v) is 4.40. The summed E-state index contributed by atoms with van der Waals surface area (Å²) in [4.78, 5) is 34.0. The van der Waals surface area contributed by atoms with Crippen LogP contribution < -0.4 is 10.5 Å². The molecule has 3 heterocycles. The van der Waals surface area contributed by atoms with Crippen LogP contribution in [0.15, 0.2) is 29.3 Å². The van der Waals surface area contributed by atoms with Crippen LogP contribution in [0.3, 0.4) is 0 Å². The summed E-state index contributed by atoms with van der Waals surface area (Å²) in [5, 5.41) is 0.683. The van der Waals surface area contributed by atoms with Crippen molar-refractivity contribution in [3.05, 3.63) is 34.9 Å². The van der Waals surface area contributed by atoms with Crippen LogP contribution in [0.1, 0.15) is 32.1 Å². The maximum atomic E-state index is 12.7. The van der Waals surface area contributed by atoms with E-state index in [1.165, 1.54) is 12.8 Å². The van der Waals surface area contributed by atoms with Crippen LogP contribution in [0.5, 0.6) is 0 Å². The molecule has 7 heteroatoms. The Bertz CT molecular complexity index is 954. The quantitative estimate of drug-likeness (QED) is 0.774. The van der Waals surface area contributed by atoms with E-state index in [1.807, 2.05) is 23.1 Å². The number of hydrogen-bond donors (Lipinski definition) is 0. The first kappa shape index (κ1) is 18.6. The van der Waals surface area contributed by atoms with Crippen LogP contribution in [0.4, 0.5) is 5.69 Å². The highest BCUT2D eigenvalue weighted by Gasteiger charge is 2.26. The van der Waals surface area contributed by atoms with E-state index in [4.69, 9.17) is 4.74 Å². The van der Waals surface area contributed by atoms with Crippen molar-refractivity contribution in [3.63, 3.8) is 0 Å². The normalized spacial score (nSPS) is 22.4. The minimum Gasteiger partial charge on any atom is -0.378 e. The molecule has 1 atom stereocenters. The van der Waals surface area contributed by atoms with Gasteiger partial charge in [-0.3, -0.25) is 14.2 Å². The Labute approximate surface area is 170 Å². The zero-order chi connectivity index (χ0) is 19.8. The molecule has 5 rings (SSSR count). The van der Waals surface area contributed by atoms with Crippen molar-refractivity contribution in [2.45, 2.75) is 44.8 Å². The van der Waals surface area contributed by atoms with Gasteiger partial charge in [0, 0.05) is 45.0 Å². The predicted molar refractivity (Wildman–Crippen MR) is 111 cm³/mol. The lowest BCUT2D eigenvalue weighted by atomic mass is 10.1. The molecule has 1 aromatic heterocycles. The number of fused-ring (bicyclic) bond motifs is 1. The van der Waals surface area contributed by atoms with Crippen LogP contribution in [-0.4, -0.2) is 59.2 Å². The summed E-state index contributed by atoms with van der Waals surface area (Å²) >= 11 is 0. The number of aromatic nitrogens is 2. The van der Waals surface area contributed by atoms with Crippen LogP contribution >= 0.6 is 0 Å². The van der Waals surface area contributed by atoms with E-state index < -0.39 is 0 Å². The number of nitrogens with zero attached hydrogens (tertiary/aromatic N) is 4. The van der Waals surface area contributed by atoms with Gasteiger partial charge in [-0.1, -0.05) is 0 Å². The number of rotatable bonds is 5. The molecular formula is C22H28N4O3. The summed E-state index contributed by atoms with van der Waals surface area (Å²) in [7, 11) is 0. The molecular weight excluding hydrogens is 368 g/mol. The second kappa shape index (κ2) is 7.78. The van der Waals surface area contributed by atoms with Crippen molar-refractivity contribution in [1.29, 1.82) is 0 Å². The van der Waals surface area contributed by atoms with Crippen molar-refractivity contribution >= 4 is 22.5 Å². The lowest BCUT2D eigenvalue weighted by Gasteiger charge is -2.36. The molecule has 3 aliphatic rings. The predicted octanol–water partition coefficient (Wildman–Crippen LogP) is 2.02. The largest absolute Gasteiger partial charge is 0.378 e. The molecule has 0 radical (unpaired) electrons. The lowest BCUT2D eigenvalue weighted by Crippen LogP contribution is -2.49. The Morgan fingerprint density at radius 1 is 1.14 bits per heavy atom. The molecule has 1 unspecified atom stereocenters. The summed E-state index contributed by atoms with van der Waals surface area (Å²) < 4.78 is 7.34. The molecule has 154 valence electrons. The van der Waals surface area contributed by atoms with Gasteiger partial charge in [-0.25, -0.2) is 4.98 Å². The summed E-state index contributed by atoms with van der Waals surface area (Å²) in [6, 6.07) is 5.91. The number of anilines is 1. The van der Waals surface area contributed by atoms with Crippen molar-refractivity contribution < 1.29 is 9.53 Å². The highest BCUT2D eigenvalue weighted by Crippen LogP contribution is 2.30. The van der Waals surface area contributed by atoms with E-state index in [0.29, 0.717) is 17.7 Å². The fourth-order valence-electron chi connectivity index (χ4n) is 4.40. The van der Waals surface area contributed by atoms with E-state index >= 15 is 0 Å². The Morgan fingerprint density at radius 3 is 2.69 bits per heavy atom. The number of carbonyl (C=O) groups is 1. The maximum Gasteiger partial charge on any atom is 0.261 e. The van der Waals surface area contributed by atoms with Crippen molar-refractivity contribution in [2.75, 3.05) is 37.7 Å². The molecule has 2 saturated heterocycles. The Kier molecular flexibility index (Phi) is 4.99. The van der Waals surface area contributed by atoms with Gasteiger partial charge in [0.05, 0.1) is 29.8 Å². The number of amides is 1. The molecule has 1 amide bonds. The average Bonchev–Trinajstić information content (AvgIpc) is 3.42. The molecule has 0 N–H and O–H groups in total. The van der Waals surface area contributed by atoms with Crippen LogP contribution in [0, 0.1) is 5.92 Å². The molecule has 2 aromatic rings. The van der Waals surface area contributed by atoms with E-state index in [1.54, 1.807) is 10.9 Å². The number of hydrogen-bond acceptors (Lipinski definition) is 5. The second-order valence-electron chi connectivity index (χ2n) is 8.55. The van der Waals surface area contributed by atoms with Gasteiger partial charge in [-0.15, -0.1) is 0 Å². The van der Waals surface area contributed by atoms with Gasteiger partial charge in [-0.05, 0) is 49.8 Å². The van der Waals surface area contributed by atoms with Crippen LogP contribution in [0.2, 0.25) is 0 Å². The minimum absolute atomic E-state index is 0.0537. The van der Waals surface area contributed by atoms with Gasteiger partial charge in [0.2, 0.25) is 5.91 Å². The van der Waals surface area contributed by atoms with Crippen molar-refractivity contribution in [3.8, 4) is 0 Å². The molecule has 2 aliphatic heterocycles. The number of carbonyl (C=O) groups excluding carboxylic acids is 1. The SMILES string of the molecule is O=C(CC1CCCO1)N1CCN(c2ccc3c(=O)n(CC4CC4)cnc3c2)CC1. The number of ether oxygens (including phenoxy) is 1. The van der Waals surface area contributed by atoms with Crippen LogP contribution in [-0.2, 0) is 16.1 Å². The summed E-state index contributed by atoms with van der Waals surface area (Å²) in [5.74, 6) is 0.846. The first-order chi connectivity index (χ1) is 14.2. The molecule has 1 aromatic carbocycles. The van der Waals surface area contributed by atoms with Gasteiger partial charge in [0.15, 0.2) is 0 Å². The second-order valence-corrected chi connectivity index (χ2v) is 8.55. The van der Waals surface area contributed by atoms with Crippen molar-refractivity contribution in [1.82, 2.24) is 14.5 Å². The Balaban J connectivity index is 1.24. The monoisotopic (exact) mass is 396 g/mol. The van der Waals surface area contributed by atoms with Crippen molar-refractivity contribution in [2.24, 2.45) is 5.92 Å². The molecule has 1 saturated carbocycles. The average molecular weight is 396 g/mol. The number of piperazine rings is 1. The van der Waals surface area contributed by atoms with Gasteiger partial charge >= 0.3 is 0 Å². The molecule has 0 bridgehead atoms. The topological polar surface area (TPSA) is 67.7 Å². The molecule has 1 aliphatic carbocycles. The van der Waals surface area contributed by atoms with E-state index in [-0.39, 0.29) is 17.6 Å². The van der Waals surface area contributed by atoms with Gasteiger partial charge in [0.1, 0.15) is 0 Å². The number of benzene rings is 1. The first-order valence-corrected chi connectivity index (χ1v) is 10.8. The van der Waals surface area contributed by atoms with E-state index in [0.717, 1.165) is 63.4 Å². The standard InChI is InChI=1S/C22H28N4O3/c27-21(13-18-2-1-11-29-18)25-9-7-24(8-10-25)17-5-6-19-20(12-17)23-15-26(22(19)28)14-16-3-4-16/h5-6,12,15-16,18H,1-4,7-11,13-14H2. The van der Waals surface area contributed by atoms with Crippen LogP contribution in [0.25, 0.3) is 10.9 Å². The fraction of sp³-hybridized carbons (Fsp3) is 0.591. The highest BCUT2D eigenvalue weighted by atomic mass is 16.5. The molecule has 3 fully saturated rings. The third-order valence-electron chi connectivity index (χ3n) is 6.38. The zero-order valence-corrected chi connectivity index (χ0v) is 16.8. The zero-order valence-electron chi connectivity index (χ0n) is 16.8. The Hall–Kier alpha value is -2.41. The summed E-state index contributed by atoms with van der Waals surface area (Å²) in [6.07, 6.45) is 6.79. The highest BCUT2D eigenvalue weighted by molar-refractivity contribution is 5.81. The third kappa shape index (κ3) is 4.01. The molecule has 7 nitrogen and oxygen atoms in total. The van der Waals surface area contributed by atoms with Gasteiger partial charge in [-0.2, -0.15) is 0 Å². The molecule has 29 heavy (non-hydrogen) atoms. The summed E-state index contributed by atoms with van der Waals surface area (Å²) in [5.41, 5.74) is 1.87. The molecule has 0 spiro atoms. The van der Waals surface area contributed by atoms with E-state index in [9.17, 15) is 9.59 Å². The minimum atomic E-state index is 0.0537. The lowest BCUT2D eigenvalue weighted by molar-refractivity contribution is -0.133. The van der Waals surface area contributed by atoms with E-state index in [2.05, 4.69) is 9.88 Å². The first-order valence-electron chi connectivity index (χ1n) is 10.8. The third-order valence-corrected chi connectivity index (χ3v) is 6.38.